The van der Waals surface area contributed by atoms with Crippen molar-refractivity contribution in [3.8, 4) is 0 Å². The largest absolute Gasteiger partial charge is 0.230 e. The molecule has 0 aliphatic heterocycles. The molecule has 0 heterocycles. The van der Waals surface area contributed by atoms with Gasteiger partial charge >= 0.3 is 0 Å². The second kappa shape index (κ2) is 6.73. The SMILES string of the molecule is C/C=C\C=C\CNCl. The average molecular weight is 132 g/mol. The molecule has 0 aliphatic rings. The third-order valence-electron chi connectivity index (χ3n) is 0.635. The predicted octanol–water partition coefficient (Wildman–Crippen LogP) is 1.86. The summed E-state index contributed by atoms with van der Waals surface area (Å²) >= 11 is 5.16. The Labute approximate surface area is 55.1 Å². The Kier molecular flexibility index (Phi) is 6.50. The number of hydrogen-bond donors (Lipinski definition) is 1. The van der Waals surface area contributed by atoms with E-state index in [-0.39, 0.29) is 0 Å². The minimum Gasteiger partial charge on any atom is -0.230 e. The Morgan fingerprint density at radius 3 is 2.75 bits per heavy atom. The van der Waals surface area contributed by atoms with E-state index in [0.717, 1.165) is 0 Å². The summed E-state index contributed by atoms with van der Waals surface area (Å²) in [7, 11) is 0. The van der Waals surface area contributed by atoms with E-state index in [1.165, 1.54) is 0 Å². The van der Waals surface area contributed by atoms with Crippen molar-refractivity contribution in [1.29, 1.82) is 0 Å². The first kappa shape index (κ1) is 7.73. The molecule has 0 fully saturated rings. The summed E-state index contributed by atoms with van der Waals surface area (Å²) in [5.74, 6) is 0. The molecule has 0 aromatic rings. The molecule has 0 atom stereocenters. The molecule has 0 saturated carbocycles. The van der Waals surface area contributed by atoms with Gasteiger partial charge in [0.25, 0.3) is 0 Å². The zero-order valence-corrected chi connectivity index (χ0v) is 5.65. The summed E-state index contributed by atoms with van der Waals surface area (Å²) in [5.41, 5.74) is 0. The van der Waals surface area contributed by atoms with Crippen LogP contribution in [0.3, 0.4) is 0 Å². The first-order chi connectivity index (χ1) is 3.91. The van der Waals surface area contributed by atoms with Gasteiger partial charge in [0.15, 0.2) is 0 Å². The van der Waals surface area contributed by atoms with Crippen LogP contribution in [-0.2, 0) is 0 Å². The second-order valence-corrected chi connectivity index (χ2v) is 1.56. The molecule has 8 heavy (non-hydrogen) atoms. The zero-order valence-electron chi connectivity index (χ0n) is 4.89. The number of hydrogen-bond acceptors (Lipinski definition) is 1. The summed E-state index contributed by atoms with van der Waals surface area (Å²) < 4.78 is 0. The molecular formula is C6H10ClN. The maximum absolute atomic E-state index is 5.16. The van der Waals surface area contributed by atoms with Gasteiger partial charge in [0.2, 0.25) is 0 Å². The van der Waals surface area contributed by atoms with Gasteiger partial charge in [-0.25, -0.2) is 4.84 Å². The van der Waals surface area contributed by atoms with E-state index in [2.05, 4.69) is 4.84 Å². The van der Waals surface area contributed by atoms with Crippen molar-refractivity contribution >= 4 is 11.8 Å². The lowest BCUT2D eigenvalue weighted by molar-refractivity contribution is 1.11. The molecule has 0 spiro atoms. The van der Waals surface area contributed by atoms with Crippen molar-refractivity contribution in [2.75, 3.05) is 6.54 Å². The monoisotopic (exact) mass is 131 g/mol. The van der Waals surface area contributed by atoms with Crippen molar-refractivity contribution in [2.24, 2.45) is 0 Å². The standard InChI is InChI=1S/C6H10ClN/c1-2-3-4-5-6-8-7/h2-5,8H,6H2,1H3/b3-2-,5-4+. The Morgan fingerprint density at radius 2 is 2.25 bits per heavy atom. The number of rotatable bonds is 3. The van der Waals surface area contributed by atoms with Crippen LogP contribution in [0.2, 0.25) is 0 Å². The average Bonchev–Trinajstić information content (AvgIpc) is 1.81. The van der Waals surface area contributed by atoms with E-state index >= 15 is 0 Å². The van der Waals surface area contributed by atoms with E-state index in [1.807, 2.05) is 31.2 Å². The van der Waals surface area contributed by atoms with Crippen LogP contribution < -0.4 is 4.84 Å². The van der Waals surface area contributed by atoms with E-state index < -0.39 is 0 Å². The second-order valence-electron chi connectivity index (χ2n) is 1.29. The zero-order chi connectivity index (χ0) is 6.24. The highest BCUT2D eigenvalue weighted by molar-refractivity contribution is 6.13. The molecule has 0 saturated heterocycles. The predicted molar refractivity (Wildman–Crippen MR) is 37.8 cm³/mol. The normalized spacial score (nSPS) is 11.8. The van der Waals surface area contributed by atoms with Gasteiger partial charge in [-0.3, -0.25) is 0 Å². The van der Waals surface area contributed by atoms with Crippen molar-refractivity contribution in [1.82, 2.24) is 4.84 Å². The van der Waals surface area contributed by atoms with Crippen LogP contribution in [-0.4, -0.2) is 6.54 Å². The molecule has 46 valence electrons. The van der Waals surface area contributed by atoms with E-state index in [4.69, 9.17) is 11.8 Å². The Hall–Kier alpha value is -0.270. The highest BCUT2D eigenvalue weighted by Crippen LogP contribution is 1.74. The third kappa shape index (κ3) is 5.73. The molecular weight excluding hydrogens is 122 g/mol. The van der Waals surface area contributed by atoms with Gasteiger partial charge in [0.1, 0.15) is 0 Å². The summed E-state index contributed by atoms with van der Waals surface area (Å²) in [6, 6.07) is 0. The van der Waals surface area contributed by atoms with Crippen LogP contribution in [0.25, 0.3) is 0 Å². The van der Waals surface area contributed by atoms with E-state index in [0.29, 0.717) is 6.54 Å². The first-order valence-corrected chi connectivity index (χ1v) is 2.91. The fourth-order valence-electron chi connectivity index (χ4n) is 0.302. The summed E-state index contributed by atoms with van der Waals surface area (Å²) in [4.78, 5) is 2.48. The molecule has 0 aromatic heterocycles. The molecule has 1 nitrogen and oxygen atoms in total. The lowest BCUT2D eigenvalue weighted by Crippen LogP contribution is -1.94. The lowest BCUT2D eigenvalue weighted by atomic mass is 10.4. The molecule has 0 amide bonds. The van der Waals surface area contributed by atoms with Gasteiger partial charge in [0.05, 0.1) is 0 Å². The third-order valence-corrected chi connectivity index (χ3v) is 0.789. The van der Waals surface area contributed by atoms with Gasteiger partial charge in [-0.05, 0) is 18.7 Å². The molecule has 0 unspecified atom stereocenters. The van der Waals surface area contributed by atoms with Crippen LogP contribution in [0.5, 0.6) is 0 Å². The molecule has 0 radical (unpaired) electrons. The van der Waals surface area contributed by atoms with Crippen molar-refractivity contribution in [3.05, 3.63) is 24.3 Å². The van der Waals surface area contributed by atoms with Gasteiger partial charge in [0, 0.05) is 6.54 Å². The molecule has 1 N–H and O–H groups in total. The van der Waals surface area contributed by atoms with Crippen LogP contribution in [0.4, 0.5) is 0 Å². The molecule has 0 rings (SSSR count). The quantitative estimate of drug-likeness (QED) is 0.456. The number of allylic oxidation sites excluding steroid dienone is 3. The summed E-state index contributed by atoms with van der Waals surface area (Å²) in [6.07, 6.45) is 7.79. The molecule has 0 aromatic carbocycles. The number of halogens is 1. The first-order valence-electron chi connectivity index (χ1n) is 2.53. The summed E-state index contributed by atoms with van der Waals surface area (Å²) in [6.45, 7) is 2.68. The van der Waals surface area contributed by atoms with Gasteiger partial charge in [-0.2, -0.15) is 0 Å². The maximum Gasteiger partial charge on any atom is 0.0291 e. The van der Waals surface area contributed by atoms with Gasteiger partial charge in [-0.15, -0.1) is 0 Å². The minimum atomic E-state index is 0.714. The van der Waals surface area contributed by atoms with Crippen LogP contribution in [0.15, 0.2) is 24.3 Å². The molecule has 2 heteroatoms. The molecule has 0 bridgehead atoms. The fourth-order valence-corrected chi connectivity index (χ4v) is 0.391. The Bertz CT molecular complexity index is 86.5. The van der Waals surface area contributed by atoms with Crippen molar-refractivity contribution in [3.63, 3.8) is 0 Å². The van der Waals surface area contributed by atoms with Crippen molar-refractivity contribution < 1.29 is 0 Å². The van der Waals surface area contributed by atoms with Gasteiger partial charge < -0.3 is 0 Å². The van der Waals surface area contributed by atoms with E-state index in [9.17, 15) is 0 Å². The van der Waals surface area contributed by atoms with Crippen LogP contribution in [0.1, 0.15) is 6.92 Å². The maximum atomic E-state index is 5.16. The Balaban J connectivity index is 3.07. The summed E-state index contributed by atoms with van der Waals surface area (Å²) in [5, 5.41) is 0. The van der Waals surface area contributed by atoms with E-state index in [1.54, 1.807) is 0 Å². The highest BCUT2D eigenvalue weighted by Gasteiger charge is 1.65. The van der Waals surface area contributed by atoms with Crippen molar-refractivity contribution in [2.45, 2.75) is 6.92 Å². The Morgan fingerprint density at radius 1 is 1.50 bits per heavy atom. The smallest absolute Gasteiger partial charge is 0.0291 e. The van der Waals surface area contributed by atoms with Crippen LogP contribution >= 0.6 is 11.8 Å². The molecule has 0 aliphatic carbocycles. The fraction of sp³-hybridized carbons (Fsp3) is 0.333. The van der Waals surface area contributed by atoms with Gasteiger partial charge in [-0.1, -0.05) is 24.3 Å². The van der Waals surface area contributed by atoms with Crippen LogP contribution in [0, 0.1) is 0 Å². The lowest BCUT2D eigenvalue weighted by Gasteiger charge is -1.80. The number of nitrogens with one attached hydrogen (secondary N) is 1. The minimum absolute atomic E-state index is 0.714. The topological polar surface area (TPSA) is 12.0 Å². The highest BCUT2D eigenvalue weighted by atomic mass is 35.5.